The minimum Gasteiger partial charge on any atom is -0.436 e. The number of fused-ring (bicyclic) bond motifs is 1. The van der Waals surface area contributed by atoms with Crippen LogP contribution >= 0.6 is 20.7 Å². The van der Waals surface area contributed by atoms with Crippen molar-refractivity contribution in [1.29, 1.82) is 0 Å². The molecule has 0 spiro atoms. The molecular weight excluding hydrogens is 474 g/mol. The van der Waals surface area contributed by atoms with Crippen LogP contribution in [0.1, 0.15) is 29.9 Å². The summed E-state index contributed by atoms with van der Waals surface area (Å²) < 4.78 is 56.0. The highest BCUT2D eigenvalue weighted by molar-refractivity contribution is 14.2. The Morgan fingerprint density at radius 2 is 2.00 bits per heavy atom. The van der Waals surface area contributed by atoms with Crippen LogP contribution < -0.4 is 11.1 Å². The highest BCUT2D eigenvalue weighted by Crippen LogP contribution is 2.42. The number of halogens is 4. The molecule has 1 aromatic heterocycles. The lowest BCUT2D eigenvalue weighted by molar-refractivity contribution is -0.136. The van der Waals surface area contributed by atoms with Gasteiger partial charge >= 0.3 is 6.18 Å². The van der Waals surface area contributed by atoms with E-state index in [9.17, 15) is 13.2 Å². The predicted octanol–water partition coefficient (Wildman–Crippen LogP) is 4.64. The Bertz CT molecular complexity index is 886. The predicted molar refractivity (Wildman–Crippen MR) is 107 cm³/mol. The van der Waals surface area contributed by atoms with E-state index in [1.807, 2.05) is 14.2 Å². The van der Waals surface area contributed by atoms with Crippen LogP contribution in [0.4, 0.5) is 24.5 Å². The van der Waals surface area contributed by atoms with E-state index in [0.29, 0.717) is 37.5 Å². The van der Waals surface area contributed by atoms with Gasteiger partial charge in [0.2, 0.25) is 5.89 Å². The molecule has 2 aromatic rings. The normalized spacial score (nSPS) is 17.4. The molecular formula is C18H17F3IN3O2. The molecule has 1 saturated heterocycles. The van der Waals surface area contributed by atoms with E-state index in [1.54, 1.807) is 0 Å². The van der Waals surface area contributed by atoms with Crippen LogP contribution in [0.25, 0.3) is 17.5 Å². The van der Waals surface area contributed by atoms with E-state index in [0.717, 1.165) is 6.07 Å². The SMILES string of the molecule is Nc1cc(-c2nc3c(o2)C=IC=C3)cc(C(F)(F)F)c1NC1CCOCC1. The fourth-order valence-electron chi connectivity index (χ4n) is 3.07. The van der Waals surface area contributed by atoms with Crippen molar-refractivity contribution < 1.29 is 22.3 Å². The zero-order chi connectivity index (χ0) is 19.0. The van der Waals surface area contributed by atoms with Gasteiger partial charge in [-0.25, -0.2) is 4.98 Å². The standard InChI is InChI=1S/C18H17F3IN3O2/c19-18(20,21)12-7-10(17-25-14-1-4-22-9-15(14)27-17)8-13(23)16(12)24-11-2-5-26-6-3-11/h1,4,7-9,11,24H,2-3,5-6,23H2. The number of nitrogen functional groups attached to an aromatic ring is 1. The first-order valence-corrected chi connectivity index (χ1v) is 10.9. The fourth-order valence-corrected chi connectivity index (χ4v) is 4.60. The monoisotopic (exact) mass is 491 g/mol. The number of hydrogen-bond acceptors (Lipinski definition) is 5. The number of anilines is 2. The van der Waals surface area contributed by atoms with Crippen LogP contribution in [0.5, 0.6) is 0 Å². The minimum atomic E-state index is -4.55. The van der Waals surface area contributed by atoms with Crippen molar-refractivity contribution in [2.45, 2.75) is 25.1 Å². The second-order valence-corrected chi connectivity index (χ2v) is 8.37. The third kappa shape index (κ3) is 3.88. The van der Waals surface area contributed by atoms with Gasteiger partial charge in [-0.15, -0.1) is 0 Å². The fraction of sp³-hybridized carbons (Fsp3) is 0.333. The van der Waals surface area contributed by atoms with E-state index >= 15 is 0 Å². The van der Waals surface area contributed by atoms with Gasteiger partial charge in [0, 0.05) is 28.8 Å². The average Bonchev–Trinajstić information content (AvgIpc) is 3.07. The molecule has 4 rings (SSSR count). The molecule has 0 atom stereocenters. The largest absolute Gasteiger partial charge is 0.436 e. The number of nitrogens with one attached hydrogen (secondary N) is 1. The van der Waals surface area contributed by atoms with Crippen LogP contribution in [-0.4, -0.2) is 28.3 Å². The maximum atomic E-state index is 13.7. The van der Waals surface area contributed by atoms with Gasteiger partial charge in [-0.05, 0) is 35.1 Å². The Labute approximate surface area is 163 Å². The van der Waals surface area contributed by atoms with Gasteiger partial charge < -0.3 is 20.2 Å². The lowest BCUT2D eigenvalue weighted by Gasteiger charge is -2.27. The Kier molecular flexibility index (Phi) is 4.97. The van der Waals surface area contributed by atoms with Crippen LogP contribution in [0.3, 0.4) is 0 Å². The topological polar surface area (TPSA) is 73.3 Å². The van der Waals surface area contributed by atoms with Crippen LogP contribution in [-0.2, 0) is 10.9 Å². The summed E-state index contributed by atoms with van der Waals surface area (Å²) in [5.74, 6) is 0.749. The summed E-state index contributed by atoms with van der Waals surface area (Å²) in [6, 6.07) is 2.42. The summed E-state index contributed by atoms with van der Waals surface area (Å²) in [7, 11) is 0. The molecule has 9 heteroatoms. The van der Waals surface area contributed by atoms with Gasteiger partial charge in [0.25, 0.3) is 0 Å². The summed E-state index contributed by atoms with van der Waals surface area (Å²) in [6.45, 7) is 1.04. The Morgan fingerprint density at radius 3 is 2.70 bits per heavy atom. The van der Waals surface area contributed by atoms with Gasteiger partial charge in [0.1, 0.15) is 5.69 Å². The molecule has 0 bridgehead atoms. The van der Waals surface area contributed by atoms with Gasteiger partial charge in [-0.3, -0.25) is 0 Å². The summed E-state index contributed by atoms with van der Waals surface area (Å²) in [5, 5.41) is 2.96. The maximum Gasteiger partial charge on any atom is 0.418 e. The Morgan fingerprint density at radius 1 is 1.22 bits per heavy atom. The highest BCUT2D eigenvalue weighted by atomic mass is 127. The smallest absolute Gasteiger partial charge is 0.418 e. The molecule has 27 heavy (non-hydrogen) atoms. The molecule has 3 heterocycles. The van der Waals surface area contributed by atoms with Crippen molar-refractivity contribution in [2.75, 3.05) is 24.3 Å². The van der Waals surface area contributed by atoms with Crippen molar-refractivity contribution in [2.24, 2.45) is 0 Å². The molecule has 0 saturated carbocycles. The maximum absolute atomic E-state index is 13.7. The highest BCUT2D eigenvalue weighted by Gasteiger charge is 2.36. The summed E-state index contributed by atoms with van der Waals surface area (Å²) in [4.78, 5) is 4.30. The van der Waals surface area contributed by atoms with Crippen molar-refractivity contribution in [3.8, 4) is 11.5 Å². The summed E-state index contributed by atoms with van der Waals surface area (Å²) in [6.07, 6.45) is -1.45. The van der Waals surface area contributed by atoms with Gasteiger partial charge in [-0.1, -0.05) is 20.7 Å². The number of aromatic nitrogens is 1. The molecule has 3 N–H and O–H groups in total. The molecule has 5 nitrogen and oxygen atoms in total. The minimum absolute atomic E-state index is 0.0226. The second kappa shape index (κ2) is 7.27. The first-order valence-electron chi connectivity index (χ1n) is 8.40. The number of nitrogens with two attached hydrogens (primary N) is 1. The van der Waals surface area contributed by atoms with Crippen molar-refractivity contribution >= 4 is 42.2 Å². The van der Waals surface area contributed by atoms with E-state index in [4.69, 9.17) is 14.9 Å². The average molecular weight is 491 g/mol. The van der Waals surface area contributed by atoms with Crippen molar-refractivity contribution in [3.05, 3.63) is 33.2 Å². The van der Waals surface area contributed by atoms with Gasteiger partial charge in [-0.2, -0.15) is 13.2 Å². The molecule has 0 unspecified atom stereocenters. The first-order chi connectivity index (χ1) is 12.9. The lowest BCUT2D eigenvalue weighted by atomic mass is 10.0. The third-order valence-electron chi connectivity index (χ3n) is 4.43. The first kappa shape index (κ1) is 18.5. The van der Waals surface area contributed by atoms with Crippen LogP contribution in [0.2, 0.25) is 0 Å². The van der Waals surface area contributed by atoms with E-state index in [-0.39, 0.29) is 49.6 Å². The van der Waals surface area contributed by atoms with Crippen LogP contribution in [0.15, 0.2) is 20.6 Å². The molecule has 144 valence electrons. The molecule has 0 amide bonds. The molecule has 0 radical (unpaired) electrons. The number of ether oxygens (including phenoxy) is 1. The molecule has 2 aliphatic rings. The number of benzene rings is 1. The van der Waals surface area contributed by atoms with Crippen molar-refractivity contribution in [1.82, 2.24) is 4.98 Å². The number of hydrogen-bond donors (Lipinski definition) is 2. The third-order valence-corrected chi connectivity index (χ3v) is 6.13. The number of oxazole rings is 1. The summed E-state index contributed by atoms with van der Waals surface area (Å²) >= 11 is -0.243. The Balaban J connectivity index is 1.74. The van der Waals surface area contributed by atoms with Crippen molar-refractivity contribution in [3.63, 3.8) is 0 Å². The second-order valence-electron chi connectivity index (χ2n) is 6.31. The molecule has 1 aromatic carbocycles. The Hall–Kier alpha value is -1.88. The van der Waals surface area contributed by atoms with Gasteiger partial charge in [0.15, 0.2) is 5.76 Å². The number of alkyl halides is 3. The number of nitrogens with zero attached hydrogens (tertiary/aromatic N) is 1. The summed E-state index contributed by atoms with van der Waals surface area (Å²) in [5.41, 5.74) is 5.98. The lowest BCUT2D eigenvalue weighted by Crippen LogP contribution is -2.29. The van der Waals surface area contributed by atoms with Crippen LogP contribution in [0, 0.1) is 0 Å². The quantitative estimate of drug-likeness (QED) is 0.484. The molecule has 2 aliphatic heterocycles. The van der Waals surface area contributed by atoms with E-state index < -0.39 is 11.7 Å². The zero-order valence-corrected chi connectivity index (χ0v) is 16.3. The molecule has 0 aliphatic carbocycles. The zero-order valence-electron chi connectivity index (χ0n) is 14.1. The van der Waals surface area contributed by atoms with Gasteiger partial charge in [0.05, 0.1) is 16.9 Å². The molecule has 1 fully saturated rings. The van der Waals surface area contributed by atoms with E-state index in [1.165, 1.54) is 6.07 Å². The van der Waals surface area contributed by atoms with E-state index in [2.05, 4.69) is 10.3 Å². The number of rotatable bonds is 3.